The minimum Gasteiger partial charge on any atom is -0.495 e. The van der Waals surface area contributed by atoms with Crippen LogP contribution in [-0.2, 0) is 0 Å². The average Bonchev–Trinajstić information content (AvgIpc) is 2.39. The van der Waals surface area contributed by atoms with Crippen LogP contribution in [0.15, 0.2) is 12.1 Å². The molecule has 1 heterocycles. The first-order valence-corrected chi connectivity index (χ1v) is 6.45. The number of nitrogens with two attached hydrogens (primary N) is 1. The Morgan fingerprint density at radius 2 is 1.78 bits per heavy atom. The molecule has 0 radical (unpaired) electrons. The fraction of sp³-hybridized carbons (Fsp3) is 0.538. The van der Waals surface area contributed by atoms with Crippen LogP contribution >= 0.6 is 11.6 Å². The zero-order valence-electron chi connectivity index (χ0n) is 10.8. The van der Waals surface area contributed by atoms with Gasteiger partial charge in [0.1, 0.15) is 11.5 Å². The molecule has 18 heavy (non-hydrogen) atoms. The van der Waals surface area contributed by atoms with Crippen LogP contribution in [-0.4, -0.2) is 33.4 Å². The summed E-state index contributed by atoms with van der Waals surface area (Å²) in [4.78, 5) is 2.26. The molecule has 0 saturated carbocycles. The van der Waals surface area contributed by atoms with Crippen LogP contribution in [0.5, 0.6) is 11.5 Å². The number of rotatable bonds is 3. The number of halogens is 1. The summed E-state index contributed by atoms with van der Waals surface area (Å²) in [6.07, 6.45) is 1.99. The molecule has 0 aromatic heterocycles. The van der Waals surface area contributed by atoms with E-state index in [1.165, 1.54) is 0 Å². The molecular formula is C13H19ClN2O2. The lowest BCUT2D eigenvalue weighted by molar-refractivity contribution is 0.400. The van der Waals surface area contributed by atoms with E-state index in [0.29, 0.717) is 16.8 Å². The van der Waals surface area contributed by atoms with Crippen molar-refractivity contribution in [2.24, 2.45) is 5.73 Å². The highest BCUT2D eigenvalue weighted by atomic mass is 35.5. The smallest absolute Gasteiger partial charge is 0.143 e. The van der Waals surface area contributed by atoms with Crippen LogP contribution in [0.4, 0.5) is 5.69 Å². The van der Waals surface area contributed by atoms with Gasteiger partial charge in [-0.1, -0.05) is 11.6 Å². The van der Waals surface area contributed by atoms with Crippen molar-refractivity contribution in [2.45, 2.75) is 18.9 Å². The quantitative estimate of drug-likeness (QED) is 0.915. The molecule has 1 aromatic rings. The van der Waals surface area contributed by atoms with Crippen molar-refractivity contribution in [1.82, 2.24) is 0 Å². The Balaban J connectivity index is 2.30. The van der Waals surface area contributed by atoms with Crippen molar-refractivity contribution >= 4 is 17.3 Å². The summed E-state index contributed by atoms with van der Waals surface area (Å²) in [7, 11) is 3.26. The summed E-state index contributed by atoms with van der Waals surface area (Å²) < 4.78 is 10.7. The van der Waals surface area contributed by atoms with Crippen molar-refractivity contribution < 1.29 is 9.47 Å². The topological polar surface area (TPSA) is 47.7 Å². The Morgan fingerprint density at radius 1 is 1.17 bits per heavy atom. The summed E-state index contributed by atoms with van der Waals surface area (Å²) in [6, 6.07) is 4.03. The fourth-order valence-corrected chi connectivity index (χ4v) is 2.46. The first-order chi connectivity index (χ1) is 8.65. The van der Waals surface area contributed by atoms with E-state index >= 15 is 0 Å². The number of ether oxygens (including phenoxy) is 2. The van der Waals surface area contributed by atoms with E-state index in [1.54, 1.807) is 20.3 Å². The minimum absolute atomic E-state index is 0.307. The van der Waals surface area contributed by atoms with E-state index in [1.807, 2.05) is 6.07 Å². The Kier molecular flexibility index (Phi) is 4.19. The van der Waals surface area contributed by atoms with Gasteiger partial charge >= 0.3 is 0 Å². The number of nitrogens with zero attached hydrogens (tertiary/aromatic N) is 1. The Morgan fingerprint density at radius 3 is 2.33 bits per heavy atom. The Labute approximate surface area is 113 Å². The van der Waals surface area contributed by atoms with E-state index in [4.69, 9.17) is 26.8 Å². The molecule has 1 aliphatic rings. The van der Waals surface area contributed by atoms with Gasteiger partial charge in [0.15, 0.2) is 0 Å². The summed E-state index contributed by atoms with van der Waals surface area (Å²) in [5.41, 5.74) is 6.94. The molecule has 0 atom stereocenters. The number of hydrogen-bond acceptors (Lipinski definition) is 4. The molecule has 2 N–H and O–H groups in total. The highest BCUT2D eigenvalue weighted by molar-refractivity contribution is 6.32. The zero-order valence-corrected chi connectivity index (χ0v) is 11.5. The van der Waals surface area contributed by atoms with Gasteiger partial charge in [-0.2, -0.15) is 0 Å². The largest absolute Gasteiger partial charge is 0.495 e. The number of hydrogen-bond donors (Lipinski definition) is 1. The van der Waals surface area contributed by atoms with Crippen LogP contribution in [0.2, 0.25) is 5.02 Å². The predicted octanol–water partition coefficient (Wildman–Crippen LogP) is 2.28. The van der Waals surface area contributed by atoms with Crippen molar-refractivity contribution in [3.8, 4) is 11.5 Å². The first-order valence-electron chi connectivity index (χ1n) is 6.07. The Bertz CT molecular complexity index is 418. The maximum absolute atomic E-state index is 6.10. The van der Waals surface area contributed by atoms with E-state index in [9.17, 15) is 0 Å². The second-order valence-electron chi connectivity index (χ2n) is 4.48. The third kappa shape index (κ3) is 2.65. The molecule has 0 spiro atoms. The summed E-state index contributed by atoms with van der Waals surface area (Å²) in [6.45, 7) is 1.87. The highest BCUT2D eigenvalue weighted by Gasteiger charge is 2.20. The van der Waals surface area contributed by atoms with E-state index in [0.717, 1.165) is 37.4 Å². The van der Waals surface area contributed by atoms with Crippen LogP contribution in [0.1, 0.15) is 12.8 Å². The van der Waals surface area contributed by atoms with Gasteiger partial charge in [-0.3, -0.25) is 0 Å². The lowest BCUT2D eigenvalue weighted by Gasteiger charge is -2.33. The number of benzene rings is 1. The normalized spacial score (nSPS) is 16.8. The van der Waals surface area contributed by atoms with Gasteiger partial charge in [-0.25, -0.2) is 0 Å². The molecule has 1 fully saturated rings. The fourth-order valence-electron chi connectivity index (χ4n) is 2.23. The maximum atomic E-state index is 6.10. The van der Waals surface area contributed by atoms with Gasteiger partial charge in [0.2, 0.25) is 0 Å². The molecule has 5 heteroatoms. The zero-order chi connectivity index (χ0) is 13.1. The van der Waals surface area contributed by atoms with Gasteiger partial charge in [0, 0.05) is 31.3 Å². The van der Waals surface area contributed by atoms with Gasteiger partial charge in [0.25, 0.3) is 0 Å². The summed E-state index contributed by atoms with van der Waals surface area (Å²) in [5.74, 6) is 1.44. The molecule has 1 saturated heterocycles. The molecule has 0 bridgehead atoms. The van der Waals surface area contributed by atoms with Gasteiger partial charge < -0.3 is 20.1 Å². The van der Waals surface area contributed by atoms with Gasteiger partial charge in [0.05, 0.1) is 24.9 Å². The Hall–Kier alpha value is -1.13. The molecule has 4 nitrogen and oxygen atoms in total. The van der Waals surface area contributed by atoms with Crippen LogP contribution in [0.25, 0.3) is 0 Å². The first kappa shape index (κ1) is 13.3. The van der Waals surface area contributed by atoms with Crippen molar-refractivity contribution in [3.63, 3.8) is 0 Å². The molecule has 0 amide bonds. The van der Waals surface area contributed by atoms with Crippen LogP contribution in [0.3, 0.4) is 0 Å². The van der Waals surface area contributed by atoms with E-state index in [-0.39, 0.29) is 0 Å². The van der Waals surface area contributed by atoms with E-state index < -0.39 is 0 Å². The summed E-state index contributed by atoms with van der Waals surface area (Å²) >= 11 is 6.10. The number of anilines is 1. The molecule has 100 valence electrons. The van der Waals surface area contributed by atoms with Crippen molar-refractivity contribution in [2.75, 3.05) is 32.2 Å². The highest BCUT2D eigenvalue weighted by Crippen LogP contribution is 2.38. The predicted molar refractivity (Wildman–Crippen MR) is 74.0 cm³/mol. The number of piperidine rings is 1. The minimum atomic E-state index is 0.307. The van der Waals surface area contributed by atoms with Gasteiger partial charge in [-0.05, 0) is 12.8 Å². The third-order valence-electron chi connectivity index (χ3n) is 3.33. The number of methoxy groups -OCH3 is 2. The standard InChI is InChI=1S/C13H19ClN2O2/c1-17-12-8-11(13(18-2)7-10(12)14)16-5-3-9(15)4-6-16/h7-9H,3-6,15H2,1-2H3. The SMILES string of the molecule is COc1cc(N2CCC(N)CC2)c(OC)cc1Cl. The molecule has 1 aliphatic heterocycles. The van der Waals surface area contributed by atoms with Crippen molar-refractivity contribution in [3.05, 3.63) is 17.2 Å². The molecule has 0 aliphatic carbocycles. The maximum Gasteiger partial charge on any atom is 0.143 e. The lowest BCUT2D eigenvalue weighted by atomic mass is 10.1. The molecule has 2 rings (SSSR count). The second-order valence-corrected chi connectivity index (χ2v) is 4.89. The van der Waals surface area contributed by atoms with Crippen LogP contribution < -0.4 is 20.1 Å². The molecular weight excluding hydrogens is 252 g/mol. The monoisotopic (exact) mass is 270 g/mol. The third-order valence-corrected chi connectivity index (χ3v) is 3.63. The van der Waals surface area contributed by atoms with Crippen LogP contribution in [0, 0.1) is 0 Å². The van der Waals surface area contributed by atoms with Gasteiger partial charge in [-0.15, -0.1) is 0 Å². The van der Waals surface area contributed by atoms with Crippen molar-refractivity contribution in [1.29, 1.82) is 0 Å². The van der Waals surface area contributed by atoms with E-state index in [2.05, 4.69) is 4.90 Å². The molecule has 1 aromatic carbocycles. The summed E-state index contributed by atoms with van der Waals surface area (Å²) in [5, 5.41) is 0.562. The molecule has 0 unspecified atom stereocenters. The second kappa shape index (κ2) is 5.67. The average molecular weight is 271 g/mol. The lowest BCUT2D eigenvalue weighted by Crippen LogP contribution is -2.39.